The summed E-state index contributed by atoms with van der Waals surface area (Å²) < 4.78 is 5.39. The normalized spacial score (nSPS) is 12.2. The molecule has 3 rings (SSSR count). The van der Waals surface area contributed by atoms with E-state index in [0.717, 1.165) is 22.0 Å². The van der Waals surface area contributed by atoms with Crippen molar-refractivity contribution in [2.24, 2.45) is 0 Å². The van der Waals surface area contributed by atoms with Gasteiger partial charge in [-0.3, -0.25) is 4.79 Å². The summed E-state index contributed by atoms with van der Waals surface area (Å²) >= 11 is 9.17. The molecule has 0 aliphatic heterocycles. The first kappa shape index (κ1) is 16.4. The summed E-state index contributed by atoms with van der Waals surface area (Å²) in [6.45, 7) is 0. The molecule has 0 bridgehead atoms. The van der Waals surface area contributed by atoms with E-state index in [0.29, 0.717) is 11.4 Å². The summed E-state index contributed by atoms with van der Waals surface area (Å²) in [5, 5.41) is 2.71. The highest BCUT2D eigenvalue weighted by atomic mass is 35.5. The molecule has 0 amide bonds. The number of rotatable bonds is 7. The van der Waals surface area contributed by atoms with Gasteiger partial charge in [0, 0.05) is 16.7 Å². The molecule has 3 aromatic rings. The van der Waals surface area contributed by atoms with E-state index in [1.807, 2.05) is 53.9 Å². The van der Waals surface area contributed by atoms with E-state index in [-0.39, 0.29) is 11.0 Å². The Kier molecular flexibility index (Phi) is 5.60. The maximum atomic E-state index is 12.5. The summed E-state index contributed by atoms with van der Waals surface area (Å²) in [6, 6.07) is 15.3. The molecular formula is C18H15ClO2S2. The molecule has 0 N–H and O–H groups in total. The Morgan fingerprint density at radius 2 is 2.00 bits per heavy atom. The van der Waals surface area contributed by atoms with Gasteiger partial charge < -0.3 is 4.42 Å². The first-order valence-corrected chi connectivity index (χ1v) is 9.49. The predicted octanol–water partition coefficient (Wildman–Crippen LogP) is 6.24. The molecule has 0 radical (unpaired) electrons. The van der Waals surface area contributed by atoms with Crippen LogP contribution in [-0.2, 0) is 5.75 Å². The second kappa shape index (κ2) is 7.86. The molecule has 0 saturated heterocycles. The number of furan rings is 1. The number of carbonyl (C=O) groups is 1. The fourth-order valence-electron chi connectivity index (χ4n) is 2.23. The number of benzene rings is 1. The van der Waals surface area contributed by atoms with Crippen LogP contribution in [0.2, 0.25) is 5.02 Å². The van der Waals surface area contributed by atoms with Crippen molar-refractivity contribution in [2.45, 2.75) is 17.4 Å². The third-order valence-corrected chi connectivity index (χ3v) is 5.87. The molecule has 2 nitrogen and oxygen atoms in total. The summed E-state index contributed by atoms with van der Waals surface area (Å²) in [4.78, 5) is 13.3. The van der Waals surface area contributed by atoms with Crippen LogP contribution in [0.5, 0.6) is 0 Å². The lowest BCUT2D eigenvalue weighted by molar-refractivity contribution is 0.0986. The zero-order valence-corrected chi connectivity index (χ0v) is 14.7. The van der Waals surface area contributed by atoms with Gasteiger partial charge in [0.1, 0.15) is 5.76 Å². The van der Waals surface area contributed by atoms with Crippen LogP contribution in [0.4, 0.5) is 0 Å². The Labute approximate surface area is 148 Å². The molecule has 0 aliphatic carbocycles. The topological polar surface area (TPSA) is 30.2 Å². The molecule has 2 aromatic heterocycles. The molecule has 2 heterocycles. The third-order valence-electron chi connectivity index (χ3n) is 3.42. The summed E-state index contributed by atoms with van der Waals surface area (Å²) in [6.07, 6.45) is 2.14. The van der Waals surface area contributed by atoms with Crippen molar-refractivity contribution in [3.8, 4) is 0 Å². The van der Waals surface area contributed by atoms with E-state index in [2.05, 4.69) is 0 Å². The predicted molar refractivity (Wildman–Crippen MR) is 97.5 cm³/mol. The largest absolute Gasteiger partial charge is 0.468 e. The van der Waals surface area contributed by atoms with Crippen molar-refractivity contribution in [2.75, 3.05) is 0 Å². The summed E-state index contributed by atoms with van der Waals surface area (Å²) in [5.74, 6) is 1.82. The van der Waals surface area contributed by atoms with Crippen LogP contribution in [0.25, 0.3) is 0 Å². The standard InChI is InChI=1S/C18H15ClO2S2/c19-14-7-5-13(6-8-14)18(23-12-15-3-1-9-21-15)11-16(20)17-4-2-10-22-17/h1-10,18H,11-12H2/t18-/m1/s1. The zero-order valence-electron chi connectivity index (χ0n) is 12.3. The average Bonchev–Trinajstić information content (AvgIpc) is 3.25. The number of Topliss-reactive ketones (excluding diaryl/α,β-unsaturated/α-hetero) is 1. The molecular weight excluding hydrogens is 348 g/mol. The van der Waals surface area contributed by atoms with E-state index >= 15 is 0 Å². The number of hydrogen-bond donors (Lipinski definition) is 0. The molecule has 0 unspecified atom stereocenters. The fourth-order valence-corrected chi connectivity index (χ4v) is 4.18. The van der Waals surface area contributed by atoms with Crippen molar-refractivity contribution in [3.05, 3.63) is 81.4 Å². The average molecular weight is 363 g/mol. The Bertz CT molecular complexity index is 734. The van der Waals surface area contributed by atoms with Crippen LogP contribution < -0.4 is 0 Å². The number of thioether (sulfide) groups is 1. The van der Waals surface area contributed by atoms with Gasteiger partial charge in [0.05, 0.1) is 16.9 Å². The van der Waals surface area contributed by atoms with Crippen LogP contribution in [0.1, 0.15) is 32.7 Å². The van der Waals surface area contributed by atoms with Crippen LogP contribution >= 0.6 is 34.7 Å². The Morgan fingerprint density at radius 3 is 2.65 bits per heavy atom. The van der Waals surface area contributed by atoms with Crippen molar-refractivity contribution in [1.82, 2.24) is 0 Å². The maximum Gasteiger partial charge on any atom is 0.174 e. The minimum absolute atomic E-state index is 0.0759. The molecule has 1 aromatic carbocycles. The summed E-state index contributed by atoms with van der Waals surface area (Å²) in [7, 11) is 0. The number of thiophene rings is 1. The highest BCUT2D eigenvalue weighted by Crippen LogP contribution is 2.36. The molecule has 0 saturated carbocycles. The Balaban J connectivity index is 1.74. The second-order valence-corrected chi connectivity index (χ2v) is 7.61. The van der Waals surface area contributed by atoms with Crippen LogP contribution in [-0.4, -0.2) is 5.78 Å². The minimum atomic E-state index is 0.0759. The van der Waals surface area contributed by atoms with Gasteiger partial charge in [-0.25, -0.2) is 0 Å². The van der Waals surface area contributed by atoms with Crippen molar-refractivity contribution in [1.29, 1.82) is 0 Å². The van der Waals surface area contributed by atoms with Gasteiger partial charge in [0.15, 0.2) is 5.78 Å². The smallest absolute Gasteiger partial charge is 0.174 e. The monoisotopic (exact) mass is 362 g/mol. The number of hydrogen-bond acceptors (Lipinski definition) is 4. The van der Waals surface area contributed by atoms with Gasteiger partial charge >= 0.3 is 0 Å². The quantitative estimate of drug-likeness (QED) is 0.466. The van der Waals surface area contributed by atoms with Gasteiger partial charge in [-0.15, -0.1) is 23.1 Å². The zero-order chi connectivity index (χ0) is 16.1. The lowest BCUT2D eigenvalue weighted by Crippen LogP contribution is -2.04. The maximum absolute atomic E-state index is 12.5. The first-order valence-electron chi connectivity index (χ1n) is 7.18. The molecule has 5 heteroatoms. The SMILES string of the molecule is O=C(C[C@@H](SCc1ccco1)c1ccc(Cl)cc1)c1cccs1. The van der Waals surface area contributed by atoms with E-state index in [9.17, 15) is 4.79 Å². The molecule has 0 aliphatic rings. The molecule has 1 atom stereocenters. The molecule has 23 heavy (non-hydrogen) atoms. The van der Waals surface area contributed by atoms with Crippen molar-refractivity contribution >= 4 is 40.5 Å². The number of halogens is 1. The van der Waals surface area contributed by atoms with Gasteiger partial charge in [-0.2, -0.15) is 0 Å². The van der Waals surface area contributed by atoms with E-state index in [1.54, 1.807) is 18.0 Å². The minimum Gasteiger partial charge on any atom is -0.468 e. The lowest BCUT2D eigenvalue weighted by Gasteiger charge is -2.16. The molecule has 118 valence electrons. The van der Waals surface area contributed by atoms with Crippen molar-refractivity contribution < 1.29 is 9.21 Å². The Hall–Kier alpha value is -1.49. The number of carbonyl (C=O) groups excluding carboxylic acids is 1. The number of ketones is 1. The molecule has 0 spiro atoms. The fraction of sp³-hybridized carbons (Fsp3) is 0.167. The van der Waals surface area contributed by atoms with Crippen LogP contribution in [0.3, 0.4) is 0 Å². The van der Waals surface area contributed by atoms with Crippen molar-refractivity contribution in [3.63, 3.8) is 0 Å². The van der Waals surface area contributed by atoms with Crippen LogP contribution in [0, 0.1) is 0 Å². The van der Waals surface area contributed by atoms with E-state index < -0.39 is 0 Å². The van der Waals surface area contributed by atoms with E-state index in [1.165, 1.54) is 11.3 Å². The van der Waals surface area contributed by atoms with Gasteiger partial charge in [-0.1, -0.05) is 29.8 Å². The second-order valence-electron chi connectivity index (χ2n) is 5.04. The highest BCUT2D eigenvalue weighted by Gasteiger charge is 2.19. The Morgan fingerprint density at radius 1 is 1.17 bits per heavy atom. The van der Waals surface area contributed by atoms with Gasteiger partial charge in [0.2, 0.25) is 0 Å². The lowest BCUT2D eigenvalue weighted by atomic mass is 10.1. The highest BCUT2D eigenvalue weighted by molar-refractivity contribution is 7.98. The van der Waals surface area contributed by atoms with Gasteiger partial charge in [0.25, 0.3) is 0 Å². The van der Waals surface area contributed by atoms with E-state index in [4.69, 9.17) is 16.0 Å². The molecule has 0 fully saturated rings. The summed E-state index contributed by atoms with van der Waals surface area (Å²) in [5.41, 5.74) is 1.11. The third kappa shape index (κ3) is 4.50. The first-order chi connectivity index (χ1) is 11.2. The van der Waals surface area contributed by atoms with Crippen LogP contribution in [0.15, 0.2) is 64.6 Å². The van der Waals surface area contributed by atoms with Gasteiger partial charge in [-0.05, 0) is 41.3 Å².